The molecule has 5 heteroatoms. The molecular weight excluding hydrogens is 216 g/mol. The number of nitrogen functional groups attached to an aromatic ring is 1. The summed E-state index contributed by atoms with van der Waals surface area (Å²) < 4.78 is 0. The van der Waals surface area contributed by atoms with E-state index in [4.69, 9.17) is 5.73 Å². The second kappa shape index (κ2) is 5.12. The molecule has 0 bridgehead atoms. The summed E-state index contributed by atoms with van der Waals surface area (Å²) in [6.45, 7) is 2.22. The highest BCUT2D eigenvalue weighted by Crippen LogP contribution is 2.23. The number of nitrogens with zero attached hydrogens (tertiary/aromatic N) is 2. The Balaban J connectivity index is 1.99. The molecule has 1 aromatic heterocycles. The van der Waals surface area contributed by atoms with Crippen LogP contribution in [-0.4, -0.2) is 21.9 Å². The Hall–Kier alpha value is -1.65. The molecule has 0 saturated heterocycles. The highest BCUT2D eigenvalue weighted by atomic mass is 16.2. The Morgan fingerprint density at radius 2 is 2.18 bits per heavy atom. The van der Waals surface area contributed by atoms with E-state index in [1.807, 2.05) is 0 Å². The summed E-state index contributed by atoms with van der Waals surface area (Å²) in [6.07, 6.45) is 7.45. The third kappa shape index (κ3) is 2.93. The quantitative estimate of drug-likeness (QED) is 0.809. The lowest BCUT2D eigenvalue weighted by molar-refractivity contribution is 0.0917. The Kier molecular flexibility index (Phi) is 3.56. The van der Waals surface area contributed by atoms with E-state index < -0.39 is 0 Å². The van der Waals surface area contributed by atoms with Crippen molar-refractivity contribution < 1.29 is 4.79 Å². The fourth-order valence-corrected chi connectivity index (χ4v) is 2.34. The zero-order chi connectivity index (χ0) is 12.3. The Morgan fingerprint density at radius 1 is 1.41 bits per heavy atom. The average molecular weight is 234 g/mol. The minimum Gasteiger partial charge on any atom is -0.382 e. The lowest BCUT2D eigenvalue weighted by Crippen LogP contribution is -2.38. The predicted molar refractivity (Wildman–Crippen MR) is 65.3 cm³/mol. The van der Waals surface area contributed by atoms with Crippen molar-refractivity contribution in [2.75, 3.05) is 5.73 Å². The van der Waals surface area contributed by atoms with Gasteiger partial charge in [-0.1, -0.05) is 19.8 Å². The highest BCUT2D eigenvalue weighted by Gasteiger charge is 2.22. The van der Waals surface area contributed by atoms with Gasteiger partial charge >= 0.3 is 0 Å². The molecule has 3 N–H and O–H groups in total. The normalized spacial score (nSPS) is 24.3. The molecule has 1 heterocycles. The zero-order valence-electron chi connectivity index (χ0n) is 10.0. The third-order valence-corrected chi connectivity index (χ3v) is 3.21. The molecule has 1 aliphatic carbocycles. The summed E-state index contributed by atoms with van der Waals surface area (Å²) in [5, 5.41) is 2.98. The number of aromatic nitrogens is 2. The maximum atomic E-state index is 11.9. The minimum absolute atomic E-state index is 0.189. The largest absolute Gasteiger partial charge is 0.382 e. The first-order valence-corrected chi connectivity index (χ1v) is 6.04. The molecular formula is C12H18N4O. The fourth-order valence-electron chi connectivity index (χ4n) is 2.34. The van der Waals surface area contributed by atoms with E-state index in [9.17, 15) is 4.79 Å². The van der Waals surface area contributed by atoms with Gasteiger partial charge in [-0.2, -0.15) is 0 Å². The van der Waals surface area contributed by atoms with Crippen molar-refractivity contribution in [3.8, 4) is 0 Å². The first-order valence-electron chi connectivity index (χ1n) is 6.04. The van der Waals surface area contributed by atoms with Gasteiger partial charge in [0, 0.05) is 18.4 Å². The Bertz CT molecular complexity index is 407. The molecule has 1 saturated carbocycles. The van der Waals surface area contributed by atoms with Gasteiger partial charge in [-0.3, -0.25) is 4.79 Å². The van der Waals surface area contributed by atoms with Gasteiger partial charge < -0.3 is 11.1 Å². The van der Waals surface area contributed by atoms with Crippen molar-refractivity contribution in [3.05, 3.63) is 18.1 Å². The van der Waals surface area contributed by atoms with E-state index in [0.29, 0.717) is 5.92 Å². The van der Waals surface area contributed by atoms with Crippen LogP contribution in [-0.2, 0) is 0 Å². The summed E-state index contributed by atoms with van der Waals surface area (Å²) in [6, 6.07) is 0.243. The Morgan fingerprint density at radius 3 is 2.88 bits per heavy atom. The monoisotopic (exact) mass is 234 g/mol. The predicted octanol–water partition coefficient (Wildman–Crippen LogP) is 1.37. The number of carbonyl (C=O) groups excluding carboxylic acids is 1. The number of anilines is 1. The topological polar surface area (TPSA) is 80.9 Å². The van der Waals surface area contributed by atoms with Crippen LogP contribution in [0.3, 0.4) is 0 Å². The first-order chi connectivity index (χ1) is 8.16. The van der Waals surface area contributed by atoms with Crippen molar-refractivity contribution in [1.29, 1.82) is 0 Å². The number of hydrogen-bond donors (Lipinski definition) is 2. The molecule has 1 fully saturated rings. The number of hydrogen-bond acceptors (Lipinski definition) is 4. The molecule has 0 aromatic carbocycles. The van der Waals surface area contributed by atoms with Crippen molar-refractivity contribution in [3.63, 3.8) is 0 Å². The van der Waals surface area contributed by atoms with E-state index in [1.165, 1.54) is 25.2 Å². The molecule has 0 radical (unpaired) electrons. The van der Waals surface area contributed by atoms with E-state index in [0.717, 1.165) is 12.8 Å². The van der Waals surface area contributed by atoms with Gasteiger partial charge in [0.15, 0.2) is 11.5 Å². The molecule has 1 amide bonds. The van der Waals surface area contributed by atoms with E-state index in [-0.39, 0.29) is 23.5 Å². The number of nitrogens with two attached hydrogens (primary N) is 1. The average Bonchev–Trinajstić information content (AvgIpc) is 2.29. The Labute approximate surface area is 101 Å². The van der Waals surface area contributed by atoms with Gasteiger partial charge in [0.2, 0.25) is 0 Å². The first kappa shape index (κ1) is 11.8. The molecule has 17 heavy (non-hydrogen) atoms. The smallest absolute Gasteiger partial charge is 0.273 e. The summed E-state index contributed by atoms with van der Waals surface area (Å²) in [4.78, 5) is 19.8. The minimum atomic E-state index is -0.213. The SMILES string of the molecule is CC1CCCC(NC(=O)c2nccnc2N)C1. The van der Waals surface area contributed by atoms with E-state index >= 15 is 0 Å². The van der Waals surface area contributed by atoms with Crippen LogP contribution in [0.1, 0.15) is 43.1 Å². The summed E-state index contributed by atoms with van der Waals surface area (Å²) in [5.74, 6) is 0.650. The summed E-state index contributed by atoms with van der Waals surface area (Å²) >= 11 is 0. The van der Waals surface area contributed by atoms with Crippen molar-refractivity contribution in [1.82, 2.24) is 15.3 Å². The van der Waals surface area contributed by atoms with Crippen LogP contribution in [0.5, 0.6) is 0 Å². The highest BCUT2D eigenvalue weighted by molar-refractivity contribution is 5.96. The van der Waals surface area contributed by atoms with Gasteiger partial charge in [-0.25, -0.2) is 9.97 Å². The fraction of sp³-hybridized carbons (Fsp3) is 0.583. The summed E-state index contributed by atoms with van der Waals surface area (Å²) in [5.41, 5.74) is 5.85. The molecule has 1 aliphatic rings. The molecule has 2 rings (SSSR count). The van der Waals surface area contributed by atoms with Crippen molar-refractivity contribution >= 4 is 11.7 Å². The van der Waals surface area contributed by atoms with Crippen LogP contribution >= 0.6 is 0 Å². The standard InChI is InChI=1S/C12H18N4O/c1-8-3-2-4-9(7-8)16-12(17)10-11(13)15-6-5-14-10/h5-6,8-9H,2-4,7H2,1H3,(H2,13,15)(H,16,17). The second-order valence-corrected chi connectivity index (χ2v) is 4.73. The van der Waals surface area contributed by atoms with Gasteiger partial charge in [-0.05, 0) is 18.8 Å². The summed E-state index contributed by atoms with van der Waals surface area (Å²) in [7, 11) is 0. The van der Waals surface area contributed by atoms with E-state index in [1.54, 1.807) is 0 Å². The number of carbonyl (C=O) groups is 1. The van der Waals surface area contributed by atoms with Crippen LogP contribution in [0, 0.1) is 5.92 Å². The second-order valence-electron chi connectivity index (χ2n) is 4.73. The van der Waals surface area contributed by atoms with Crippen LogP contribution in [0.2, 0.25) is 0 Å². The van der Waals surface area contributed by atoms with Gasteiger partial charge in [0.05, 0.1) is 0 Å². The molecule has 1 aromatic rings. The van der Waals surface area contributed by atoms with Crippen LogP contribution in [0.15, 0.2) is 12.4 Å². The molecule has 92 valence electrons. The van der Waals surface area contributed by atoms with Crippen LogP contribution < -0.4 is 11.1 Å². The molecule has 5 nitrogen and oxygen atoms in total. The van der Waals surface area contributed by atoms with Gasteiger partial charge in [-0.15, -0.1) is 0 Å². The molecule has 2 atom stereocenters. The van der Waals surface area contributed by atoms with Crippen molar-refractivity contribution in [2.45, 2.75) is 38.6 Å². The number of amides is 1. The lowest BCUT2D eigenvalue weighted by atomic mass is 9.87. The number of nitrogens with one attached hydrogen (secondary N) is 1. The lowest BCUT2D eigenvalue weighted by Gasteiger charge is -2.27. The maximum absolute atomic E-state index is 11.9. The van der Waals surface area contributed by atoms with Crippen LogP contribution in [0.25, 0.3) is 0 Å². The van der Waals surface area contributed by atoms with Crippen LogP contribution in [0.4, 0.5) is 5.82 Å². The number of rotatable bonds is 2. The van der Waals surface area contributed by atoms with E-state index in [2.05, 4.69) is 22.2 Å². The molecule has 0 aliphatic heterocycles. The van der Waals surface area contributed by atoms with Gasteiger partial charge in [0.25, 0.3) is 5.91 Å². The molecule has 2 unspecified atom stereocenters. The van der Waals surface area contributed by atoms with Gasteiger partial charge in [0.1, 0.15) is 0 Å². The molecule has 0 spiro atoms. The zero-order valence-corrected chi connectivity index (χ0v) is 10.0. The maximum Gasteiger partial charge on any atom is 0.273 e. The van der Waals surface area contributed by atoms with Crippen molar-refractivity contribution in [2.24, 2.45) is 5.92 Å². The third-order valence-electron chi connectivity index (χ3n) is 3.21.